The number of methoxy groups -OCH3 is 2. The lowest BCUT2D eigenvalue weighted by atomic mass is 9.90. The lowest BCUT2D eigenvalue weighted by Gasteiger charge is -2.36. The minimum absolute atomic E-state index is 0.0929. The van der Waals surface area contributed by atoms with Crippen LogP contribution >= 0.6 is 0 Å². The second-order valence-electron chi connectivity index (χ2n) is 6.74. The van der Waals surface area contributed by atoms with Gasteiger partial charge in [0.05, 0.1) is 30.7 Å². The van der Waals surface area contributed by atoms with Gasteiger partial charge in [0.2, 0.25) is 0 Å². The van der Waals surface area contributed by atoms with E-state index in [0.717, 1.165) is 25.2 Å². The molecular formula is C19H18F3N5O5. The van der Waals surface area contributed by atoms with E-state index in [-0.39, 0.29) is 22.7 Å². The Bertz CT molecular complexity index is 1090. The van der Waals surface area contributed by atoms with Gasteiger partial charge in [-0.25, -0.2) is 4.79 Å². The van der Waals surface area contributed by atoms with E-state index in [1.165, 1.54) is 32.2 Å². The standard InChI is InChI=1S/C19H18F3N5O5/c1-9-12(15-24-16(31-3)14(27(29)30)17(25-15)32-4)13(26(2)18(28)23-9)10-7-5-6-8-11(10)19(20,21)22/h5-8,13H,1-4H3,(H,23,28)/t13-/m0/s1. The second-order valence-corrected chi connectivity index (χ2v) is 6.74. The minimum Gasteiger partial charge on any atom is -0.476 e. The van der Waals surface area contributed by atoms with Crippen molar-refractivity contribution in [3.63, 3.8) is 0 Å². The highest BCUT2D eigenvalue weighted by Gasteiger charge is 2.42. The van der Waals surface area contributed by atoms with Crippen LogP contribution in [0, 0.1) is 10.1 Å². The fraction of sp³-hybridized carbons (Fsp3) is 0.316. The Morgan fingerprint density at radius 2 is 1.72 bits per heavy atom. The average Bonchev–Trinajstić information content (AvgIpc) is 2.74. The van der Waals surface area contributed by atoms with E-state index in [4.69, 9.17) is 9.47 Å². The minimum atomic E-state index is -4.70. The monoisotopic (exact) mass is 453 g/mol. The maximum Gasteiger partial charge on any atom is 0.416 e. The summed E-state index contributed by atoms with van der Waals surface area (Å²) in [5.74, 6) is -1.09. The van der Waals surface area contributed by atoms with Crippen molar-refractivity contribution in [3.05, 3.63) is 57.0 Å². The molecule has 2 amide bonds. The lowest BCUT2D eigenvalue weighted by molar-refractivity contribution is -0.387. The van der Waals surface area contributed by atoms with Crippen LogP contribution in [0.2, 0.25) is 0 Å². The number of aromatic nitrogens is 2. The predicted octanol–water partition coefficient (Wildman–Crippen LogP) is 3.55. The molecule has 0 radical (unpaired) electrons. The fourth-order valence-corrected chi connectivity index (χ4v) is 3.46. The smallest absolute Gasteiger partial charge is 0.416 e. The van der Waals surface area contributed by atoms with Gasteiger partial charge in [-0.2, -0.15) is 23.1 Å². The molecule has 2 heterocycles. The highest BCUT2D eigenvalue weighted by atomic mass is 19.4. The Morgan fingerprint density at radius 1 is 1.16 bits per heavy atom. The molecule has 10 nitrogen and oxygen atoms in total. The van der Waals surface area contributed by atoms with E-state index in [2.05, 4.69) is 15.3 Å². The van der Waals surface area contributed by atoms with E-state index in [1.54, 1.807) is 0 Å². The van der Waals surface area contributed by atoms with Crippen molar-refractivity contribution in [2.24, 2.45) is 0 Å². The third kappa shape index (κ3) is 3.88. The summed E-state index contributed by atoms with van der Waals surface area (Å²) in [7, 11) is 3.61. The number of likely N-dealkylation sites (N-methyl/N-ethyl adjacent to an activating group) is 1. The second kappa shape index (κ2) is 8.32. The number of rotatable bonds is 5. The number of benzene rings is 1. The zero-order chi connectivity index (χ0) is 23.8. The maximum atomic E-state index is 13.8. The zero-order valence-corrected chi connectivity index (χ0v) is 17.4. The first-order valence-electron chi connectivity index (χ1n) is 9.06. The van der Waals surface area contributed by atoms with Crippen LogP contribution in [0.1, 0.15) is 29.9 Å². The number of nitrogens with zero attached hydrogens (tertiary/aromatic N) is 4. The first-order chi connectivity index (χ1) is 15.0. The van der Waals surface area contributed by atoms with Crippen LogP contribution in [0.15, 0.2) is 30.0 Å². The highest BCUT2D eigenvalue weighted by Crippen LogP contribution is 2.44. The number of allylic oxidation sites excluding steroid dienone is 1. The number of carbonyl (C=O) groups excluding carboxylic acids is 1. The van der Waals surface area contributed by atoms with E-state index >= 15 is 0 Å². The lowest BCUT2D eigenvalue weighted by Crippen LogP contribution is -2.45. The molecule has 0 saturated carbocycles. The summed E-state index contributed by atoms with van der Waals surface area (Å²) in [6.45, 7) is 1.47. The largest absolute Gasteiger partial charge is 0.476 e. The average molecular weight is 453 g/mol. The van der Waals surface area contributed by atoms with E-state index in [0.29, 0.717) is 0 Å². The molecule has 0 saturated heterocycles. The van der Waals surface area contributed by atoms with Gasteiger partial charge >= 0.3 is 29.7 Å². The number of amides is 2. The van der Waals surface area contributed by atoms with Crippen LogP contribution < -0.4 is 14.8 Å². The fourth-order valence-electron chi connectivity index (χ4n) is 3.46. The molecule has 3 rings (SSSR count). The van der Waals surface area contributed by atoms with Crippen molar-refractivity contribution in [2.45, 2.75) is 19.1 Å². The normalized spacial score (nSPS) is 16.7. The first-order valence-corrected chi connectivity index (χ1v) is 9.06. The molecule has 1 aliphatic heterocycles. The summed E-state index contributed by atoms with van der Waals surface area (Å²) in [6.07, 6.45) is -4.70. The summed E-state index contributed by atoms with van der Waals surface area (Å²) in [4.78, 5) is 32.2. The van der Waals surface area contributed by atoms with Gasteiger partial charge in [-0.3, -0.25) is 10.1 Å². The van der Waals surface area contributed by atoms with Crippen LogP contribution in [0.3, 0.4) is 0 Å². The van der Waals surface area contributed by atoms with Crippen LogP contribution in [-0.4, -0.2) is 47.1 Å². The van der Waals surface area contributed by atoms with Crippen LogP contribution in [0.4, 0.5) is 23.7 Å². The number of nitro groups is 1. The molecule has 1 N–H and O–H groups in total. The predicted molar refractivity (Wildman–Crippen MR) is 105 cm³/mol. The van der Waals surface area contributed by atoms with Gasteiger partial charge in [0.25, 0.3) is 0 Å². The summed E-state index contributed by atoms with van der Waals surface area (Å²) in [5.41, 5.74) is -1.54. The molecule has 1 atom stereocenters. The number of alkyl halides is 3. The number of ether oxygens (including phenoxy) is 2. The molecule has 1 aliphatic rings. The molecule has 0 fully saturated rings. The Morgan fingerprint density at radius 3 is 2.22 bits per heavy atom. The van der Waals surface area contributed by atoms with Crippen molar-refractivity contribution >= 4 is 17.3 Å². The van der Waals surface area contributed by atoms with Crippen molar-refractivity contribution in [1.82, 2.24) is 20.2 Å². The van der Waals surface area contributed by atoms with E-state index < -0.39 is 46.2 Å². The van der Waals surface area contributed by atoms with Crippen LogP contribution in [0.5, 0.6) is 11.8 Å². The molecule has 32 heavy (non-hydrogen) atoms. The van der Waals surface area contributed by atoms with Crippen molar-refractivity contribution in [1.29, 1.82) is 0 Å². The number of nitrogens with one attached hydrogen (secondary N) is 1. The molecular weight excluding hydrogens is 435 g/mol. The molecule has 0 aliphatic carbocycles. The number of carbonyl (C=O) groups is 1. The third-order valence-corrected chi connectivity index (χ3v) is 4.87. The summed E-state index contributed by atoms with van der Waals surface area (Å²) < 4.78 is 51.3. The number of halogens is 3. The molecule has 0 bridgehead atoms. The summed E-state index contributed by atoms with van der Waals surface area (Å²) >= 11 is 0. The van der Waals surface area contributed by atoms with Gasteiger partial charge in [-0.15, -0.1) is 0 Å². The Balaban J connectivity index is 2.33. The van der Waals surface area contributed by atoms with Crippen molar-refractivity contribution in [3.8, 4) is 11.8 Å². The maximum absolute atomic E-state index is 13.8. The van der Waals surface area contributed by atoms with Gasteiger partial charge in [0.1, 0.15) is 0 Å². The highest BCUT2D eigenvalue weighted by molar-refractivity contribution is 5.87. The van der Waals surface area contributed by atoms with E-state index in [1.807, 2.05) is 0 Å². The van der Waals surface area contributed by atoms with Gasteiger partial charge in [0, 0.05) is 18.3 Å². The quantitative estimate of drug-likeness (QED) is 0.543. The van der Waals surface area contributed by atoms with Gasteiger partial charge in [0.15, 0.2) is 5.82 Å². The summed E-state index contributed by atoms with van der Waals surface area (Å²) in [5, 5.41) is 13.9. The molecule has 0 unspecified atom stereocenters. The molecule has 2 aromatic rings. The third-order valence-electron chi connectivity index (χ3n) is 4.87. The van der Waals surface area contributed by atoms with Crippen LogP contribution in [-0.2, 0) is 6.18 Å². The van der Waals surface area contributed by atoms with Gasteiger partial charge in [-0.05, 0) is 18.6 Å². The van der Waals surface area contributed by atoms with Crippen molar-refractivity contribution in [2.75, 3.05) is 21.3 Å². The molecule has 170 valence electrons. The number of hydrogen-bond donors (Lipinski definition) is 1. The van der Waals surface area contributed by atoms with Gasteiger partial charge in [-0.1, -0.05) is 18.2 Å². The molecule has 1 aromatic carbocycles. The summed E-state index contributed by atoms with van der Waals surface area (Å²) in [6, 6.07) is 2.90. The first kappa shape index (κ1) is 22.8. The number of hydrogen-bond acceptors (Lipinski definition) is 7. The Hall–Kier alpha value is -3.90. The topological polar surface area (TPSA) is 120 Å². The molecule has 13 heteroatoms. The van der Waals surface area contributed by atoms with Crippen LogP contribution in [0.25, 0.3) is 5.57 Å². The molecule has 1 aromatic heterocycles. The Labute approximate surface area is 179 Å². The molecule has 0 spiro atoms. The Kier molecular flexibility index (Phi) is 5.92. The van der Waals surface area contributed by atoms with Crippen molar-refractivity contribution < 1.29 is 32.4 Å². The van der Waals surface area contributed by atoms with E-state index in [9.17, 15) is 28.1 Å². The SMILES string of the molecule is COc1nc(C2=C(C)NC(=O)N(C)[C@H]2c2ccccc2C(F)(F)F)nc(OC)c1[N+](=O)[O-]. The van der Waals surface area contributed by atoms with Gasteiger partial charge < -0.3 is 19.7 Å². The zero-order valence-electron chi connectivity index (χ0n) is 17.4. The number of urea groups is 1.